The van der Waals surface area contributed by atoms with Crippen molar-refractivity contribution in [1.82, 2.24) is 0 Å². The summed E-state index contributed by atoms with van der Waals surface area (Å²) in [5, 5.41) is 8.05. The first-order valence-corrected chi connectivity index (χ1v) is 19.8. The summed E-state index contributed by atoms with van der Waals surface area (Å²) in [6, 6.07) is 33.9. The molecule has 0 unspecified atom stereocenters. The van der Waals surface area contributed by atoms with E-state index in [9.17, 15) is 0 Å². The second kappa shape index (κ2) is 10.1. The molecule has 0 aliphatic heterocycles. The summed E-state index contributed by atoms with van der Waals surface area (Å²) < 4.78 is 1.91. The summed E-state index contributed by atoms with van der Waals surface area (Å²) in [5.74, 6) is 0. The average Bonchev–Trinajstić information content (AvgIpc) is 3.33. The molecule has 0 radical (unpaired) electrons. The Labute approximate surface area is 174 Å². The Hall–Kier alpha value is -1.54. The molecule has 0 aliphatic carbocycles. The summed E-state index contributed by atoms with van der Waals surface area (Å²) in [6.07, 6.45) is 0. The van der Waals surface area contributed by atoms with Crippen molar-refractivity contribution in [3.63, 3.8) is 0 Å². The Bertz CT molecular complexity index is 1080. The van der Waals surface area contributed by atoms with Gasteiger partial charge in [-0.1, -0.05) is 42.5 Å². The van der Waals surface area contributed by atoms with Crippen molar-refractivity contribution in [1.29, 1.82) is 0 Å². The number of hydrogen-bond donors (Lipinski definition) is 0. The standard InChI is InChI=1S/C13H9.C9H7.C2H4.2ClH.Hf/c1-3-7-12-10(5-1)9-11-6-2-4-8-13(11)12;1-2-5-9-7-3-6-8(9)4-1;1-2;;;/h1-9H;1-7H;1H,2H3;2*1H;/q2*-1;;;;+2/p-2. The molecule has 0 heterocycles. The Morgan fingerprint density at radius 1 is 0.704 bits per heavy atom. The van der Waals surface area contributed by atoms with Crippen molar-refractivity contribution in [2.45, 2.75) is 6.92 Å². The Morgan fingerprint density at radius 2 is 1.19 bits per heavy atom. The van der Waals surface area contributed by atoms with E-state index in [-0.39, 0.29) is 0 Å². The number of rotatable bonds is 0. The molecular formula is C24H20Cl2Hf-2. The molecule has 0 aliphatic rings. The number of fused-ring (bicyclic) bond motifs is 4. The van der Waals surface area contributed by atoms with E-state index in [0.717, 1.165) is 0 Å². The van der Waals surface area contributed by atoms with Gasteiger partial charge in [-0.15, -0.1) is 69.4 Å². The molecule has 5 aromatic carbocycles. The van der Waals surface area contributed by atoms with E-state index >= 15 is 0 Å². The average molecular weight is 558 g/mol. The van der Waals surface area contributed by atoms with E-state index < -0.39 is 18.6 Å². The molecule has 0 saturated carbocycles. The van der Waals surface area contributed by atoms with Gasteiger partial charge in [0.15, 0.2) is 0 Å². The van der Waals surface area contributed by atoms with Gasteiger partial charge in [0.2, 0.25) is 0 Å². The Balaban J connectivity index is 0.000000131. The summed E-state index contributed by atoms with van der Waals surface area (Å²) in [7, 11) is 10.8. The molecule has 0 amide bonds. The van der Waals surface area contributed by atoms with E-state index in [1.165, 1.54) is 32.3 Å². The van der Waals surface area contributed by atoms with Crippen molar-refractivity contribution >= 4 is 53.2 Å². The van der Waals surface area contributed by atoms with Crippen molar-refractivity contribution in [2.24, 2.45) is 0 Å². The molecule has 27 heavy (non-hydrogen) atoms. The summed E-state index contributed by atoms with van der Waals surface area (Å²) in [4.78, 5) is 0. The van der Waals surface area contributed by atoms with Gasteiger partial charge in [0, 0.05) is 0 Å². The summed E-state index contributed by atoms with van der Waals surface area (Å²) >= 11 is -1.88. The van der Waals surface area contributed by atoms with Gasteiger partial charge in [-0.25, -0.2) is 0 Å². The predicted octanol–water partition coefficient (Wildman–Crippen LogP) is 8.00. The second-order valence-electron chi connectivity index (χ2n) is 6.05. The molecule has 0 aromatic heterocycles. The third kappa shape index (κ3) is 5.48. The van der Waals surface area contributed by atoms with E-state index in [1.807, 2.05) is 10.7 Å². The van der Waals surface area contributed by atoms with Gasteiger partial charge in [0.25, 0.3) is 0 Å². The second-order valence-corrected chi connectivity index (χ2v) is 18.5. The fraction of sp³-hybridized carbons (Fsp3) is 0.0417. The van der Waals surface area contributed by atoms with Crippen LogP contribution in [0.25, 0.3) is 32.3 Å². The minimum absolute atomic E-state index is 1.33. The third-order valence-corrected chi connectivity index (χ3v) is 9.43. The fourth-order valence-corrected chi connectivity index (χ4v) is 2.97. The Kier molecular flexibility index (Phi) is 7.58. The molecule has 0 nitrogen and oxygen atoms in total. The first-order chi connectivity index (χ1) is 13.2. The predicted molar refractivity (Wildman–Crippen MR) is 120 cm³/mol. The molecule has 0 fully saturated rings. The van der Waals surface area contributed by atoms with Gasteiger partial charge in [-0.2, -0.15) is 17.5 Å². The van der Waals surface area contributed by atoms with E-state index in [4.69, 9.17) is 17.2 Å². The molecular weight excluding hydrogens is 538 g/mol. The van der Waals surface area contributed by atoms with Crippen LogP contribution in [-0.2, 0) is 18.6 Å². The van der Waals surface area contributed by atoms with Crippen LogP contribution in [0.3, 0.4) is 0 Å². The maximum absolute atomic E-state index is 5.39. The van der Waals surface area contributed by atoms with Crippen LogP contribution >= 0.6 is 17.2 Å². The van der Waals surface area contributed by atoms with Crippen LogP contribution < -0.4 is 0 Å². The van der Waals surface area contributed by atoms with E-state index in [2.05, 4.69) is 97.1 Å². The monoisotopic (exact) mass is 558 g/mol. The maximum Gasteiger partial charge on any atom is -0.0771 e. The first kappa shape index (κ1) is 20.2. The molecule has 0 saturated heterocycles. The van der Waals surface area contributed by atoms with Gasteiger partial charge in [0.1, 0.15) is 0 Å². The molecule has 0 spiro atoms. The van der Waals surface area contributed by atoms with Crippen molar-refractivity contribution in [3.8, 4) is 0 Å². The van der Waals surface area contributed by atoms with Gasteiger partial charge in [0.05, 0.1) is 0 Å². The maximum atomic E-state index is 5.39. The van der Waals surface area contributed by atoms with Crippen LogP contribution in [0.2, 0.25) is 0 Å². The van der Waals surface area contributed by atoms with Gasteiger partial charge >= 0.3 is 46.4 Å². The van der Waals surface area contributed by atoms with Crippen molar-refractivity contribution < 1.29 is 18.6 Å². The quantitative estimate of drug-likeness (QED) is 0.134. The zero-order valence-corrected chi connectivity index (χ0v) is 20.2. The minimum Gasteiger partial charge on any atom is -0.168 e. The summed E-state index contributed by atoms with van der Waals surface area (Å²) in [6.45, 7) is 1.90. The smallest absolute Gasteiger partial charge is 0.0771 e. The Morgan fingerprint density at radius 3 is 1.70 bits per heavy atom. The number of hydrogen-bond acceptors (Lipinski definition) is 0. The number of benzene rings is 3. The molecule has 0 bridgehead atoms. The topological polar surface area (TPSA) is 0 Å². The number of halogens is 2. The van der Waals surface area contributed by atoms with Gasteiger partial charge in [-0.05, 0) is 0 Å². The normalized spacial score (nSPS) is 10.0. The molecule has 3 heteroatoms. The fourth-order valence-electron chi connectivity index (χ4n) is 2.97. The zero-order valence-electron chi connectivity index (χ0n) is 15.1. The van der Waals surface area contributed by atoms with Crippen LogP contribution in [0.15, 0.2) is 97.1 Å². The molecule has 5 aromatic rings. The van der Waals surface area contributed by atoms with E-state index in [0.29, 0.717) is 0 Å². The molecule has 0 atom stereocenters. The minimum atomic E-state index is -1.88. The van der Waals surface area contributed by atoms with Crippen LogP contribution in [-0.4, -0.2) is 3.76 Å². The molecule has 5 rings (SSSR count). The first-order valence-electron chi connectivity index (χ1n) is 8.80. The largest absolute Gasteiger partial charge is 0.168 e. The third-order valence-electron chi connectivity index (χ3n) is 4.29. The SMILES string of the molecule is C[CH]=[Hf]([Cl])[Cl].c1ccc2[cH-]ccc2c1.c1ccc2c(c1)[cH-]c1ccccc12. The van der Waals surface area contributed by atoms with Crippen LogP contribution in [0, 0.1) is 0 Å². The van der Waals surface area contributed by atoms with Crippen LogP contribution in [0.5, 0.6) is 0 Å². The zero-order chi connectivity index (χ0) is 19.1. The van der Waals surface area contributed by atoms with E-state index in [1.54, 1.807) is 0 Å². The van der Waals surface area contributed by atoms with Gasteiger partial charge < -0.3 is 0 Å². The molecule has 0 N–H and O–H groups in total. The summed E-state index contributed by atoms with van der Waals surface area (Å²) in [5.41, 5.74) is 0. The van der Waals surface area contributed by atoms with Crippen molar-refractivity contribution in [2.75, 3.05) is 0 Å². The van der Waals surface area contributed by atoms with Crippen molar-refractivity contribution in [3.05, 3.63) is 97.1 Å². The van der Waals surface area contributed by atoms with Crippen LogP contribution in [0.4, 0.5) is 0 Å². The van der Waals surface area contributed by atoms with Gasteiger partial charge in [-0.3, -0.25) is 0 Å². The van der Waals surface area contributed by atoms with Crippen LogP contribution in [0.1, 0.15) is 6.92 Å². The molecule has 136 valence electrons.